The molecule has 0 bridgehead atoms. The molecule has 2 aliphatic rings. The predicted molar refractivity (Wildman–Crippen MR) is 137 cm³/mol. The minimum absolute atomic E-state index is 0.114. The van der Waals surface area contributed by atoms with E-state index in [4.69, 9.17) is 0 Å². The number of Topliss-reactive ketones (excluding diaryl/α,β-unsaturated/α-hetero) is 1. The molecule has 0 unspecified atom stereocenters. The van der Waals surface area contributed by atoms with Crippen LogP contribution in [0.5, 0.6) is 0 Å². The van der Waals surface area contributed by atoms with E-state index in [9.17, 15) is 17.6 Å². The Morgan fingerprint density at radius 3 is 2.67 bits per heavy atom. The average Bonchev–Trinajstić information content (AvgIpc) is 3.63. The van der Waals surface area contributed by atoms with Crippen molar-refractivity contribution >= 4 is 33.0 Å². The average molecular weight is 522 g/mol. The van der Waals surface area contributed by atoms with Gasteiger partial charge in [-0.05, 0) is 73.7 Å². The lowest BCUT2D eigenvalue weighted by Crippen LogP contribution is -2.45. The number of hydrogen-bond acceptors (Lipinski definition) is 5. The van der Waals surface area contributed by atoms with Crippen molar-refractivity contribution in [2.75, 3.05) is 0 Å². The van der Waals surface area contributed by atoms with Crippen LogP contribution < -0.4 is 0 Å². The molecular weight excluding hydrogens is 497 g/mol. The maximum atomic E-state index is 14.0. The summed E-state index contributed by atoms with van der Waals surface area (Å²) in [5.74, 6) is -0.416. The smallest absolute Gasteiger partial charge is 0.201 e. The molecule has 3 aromatic heterocycles. The van der Waals surface area contributed by atoms with E-state index in [1.165, 1.54) is 23.5 Å². The van der Waals surface area contributed by atoms with E-state index in [1.54, 1.807) is 53.8 Å². The number of allylic oxidation sites excluding steroid dienone is 1. The molecule has 1 fully saturated rings. The summed E-state index contributed by atoms with van der Waals surface area (Å²) < 4.78 is 44.4. The van der Waals surface area contributed by atoms with E-state index < -0.39 is 20.5 Å². The van der Waals surface area contributed by atoms with E-state index in [1.807, 2.05) is 22.9 Å². The molecule has 6 nitrogen and oxygen atoms in total. The van der Waals surface area contributed by atoms with Crippen molar-refractivity contribution < 1.29 is 17.6 Å². The number of fused-ring (bicyclic) bond motifs is 2. The molecule has 0 radical (unpaired) electrons. The number of hydrogen-bond donors (Lipinski definition) is 0. The monoisotopic (exact) mass is 521 g/mol. The minimum atomic E-state index is -3.61. The Labute approximate surface area is 212 Å². The molecule has 2 aliphatic carbocycles. The van der Waals surface area contributed by atoms with Crippen LogP contribution in [0.3, 0.4) is 0 Å². The lowest BCUT2D eigenvalue weighted by Gasteiger charge is -2.43. The Hall–Kier alpha value is -3.30. The van der Waals surface area contributed by atoms with Gasteiger partial charge in [-0.25, -0.2) is 17.8 Å². The number of carbonyl (C=O) groups excluding carboxylic acids is 1. The normalized spacial score (nSPS) is 21.5. The molecule has 6 rings (SSSR count). The number of halogens is 1. The number of ketones is 1. The zero-order valence-electron chi connectivity index (χ0n) is 19.6. The van der Waals surface area contributed by atoms with Gasteiger partial charge in [-0.1, -0.05) is 5.57 Å². The van der Waals surface area contributed by atoms with Gasteiger partial charge in [0.2, 0.25) is 5.78 Å². The molecule has 184 valence electrons. The maximum Gasteiger partial charge on any atom is 0.201 e. The van der Waals surface area contributed by atoms with Gasteiger partial charge in [-0.2, -0.15) is 0 Å². The second kappa shape index (κ2) is 8.38. The maximum absolute atomic E-state index is 14.0. The van der Waals surface area contributed by atoms with Crippen molar-refractivity contribution in [3.8, 4) is 5.69 Å². The lowest BCUT2D eigenvalue weighted by molar-refractivity contribution is 0.0802. The standard InChI is InChI=1S/C27H24FN3O3S2/c1-30-11-9-23(17-30)36(33,34)22-7-2-19-14-24-18(8-12-31(24)21-5-3-20(28)4-6-21)15-27(19,16-22)25(32)26-29-10-13-35-26/h3-6,8-14,17,22H,2,7,15-16H2,1H3/t22-,27-/m0/s1. The van der Waals surface area contributed by atoms with Gasteiger partial charge < -0.3 is 9.13 Å². The quantitative estimate of drug-likeness (QED) is 0.337. The molecule has 0 aliphatic heterocycles. The summed E-state index contributed by atoms with van der Waals surface area (Å²) in [6.45, 7) is 0. The second-order valence-electron chi connectivity index (χ2n) is 9.59. The molecule has 0 N–H and O–H groups in total. The molecule has 0 amide bonds. The van der Waals surface area contributed by atoms with E-state index in [2.05, 4.69) is 4.98 Å². The number of aryl methyl sites for hydroxylation is 1. The van der Waals surface area contributed by atoms with Gasteiger partial charge in [0, 0.05) is 48.6 Å². The molecule has 2 atom stereocenters. The first-order valence-electron chi connectivity index (χ1n) is 11.8. The molecule has 4 aromatic rings. The van der Waals surface area contributed by atoms with Crippen LogP contribution in [0.2, 0.25) is 0 Å². The fraction of sp³-hybridized carbons (Fsp3) is 0.259. The Balaban J connectivity index is 1.45. The Bertz CT molecular complexity index is 1600. The number of carbonyl (C=O) groups is 1. The van der Waals surface area contributed by atoms with Gasteiger partial charge >= 0.3 is 0 Å². The van der Waals surface area contributed by atoms with Gasteiger partial charge in [0.1, 0.15) is 5.82 Å². The fourth-order valence-electron chi connectivity index (χ4n) is 5.65. The summed E-state index contributed by atoms with van der Waals surface area (Å²) in [4.78, 5) is 18.6. The number of rotatable bonds is 5. The summed E-state index contributed by atoms with van der Waals surface area (Å²) in [6, 6.07) is 9.89. The summed E-state index contributed by atoms with van der Waals surface area (Å²) in [5, 5.41) is 1.51. The van der Waals surface area contributed by atoms with Crippen molar-refractivity contribution in [2.24, 2.45) is 12.5 Å². The number of benzene rings is 1. The number of aromatic nitrogens is 3. The highest BCUT2D eigenvalue weighted by molar-refractivity contribution is 7.92. The van der Waals surface area contributed by atoms with E-state index >= 15 is 0 Å². The summed E-state index contributed by atoms with van der Waals surface area (Å²) in [7, 11) is -1.82. The molecule has 1 aromatic carbocycles. The SMILES string of the molecule is Cn1ccc(S(=O)(=O)[C@H]2CCC3=Cc4c(ccn4-c4ccc(F)cc4)C[C@]3(C(=O)c3nccs3)C2)c1. The van der Waals surface area contributed by atoms with Gasteiger partial charge in [0.05, 0.1) is 15.6 Å². The zero-order valence-corrected chi connectivity index (χ0v) is 21.2. The minimum Gasteiger partial charge on any atom is -0.356 e. The zero-order chi connectivity index (χ0) is 25.1. The topological polar surface area (TPSA) is 74.0 Å². The van der Waals surface area contributed by atoms with Crippen LogP contribution in [0.25, 0.3) is 11.8 Å². The third-order valence-corrected chi connectivity index (χ3v) is 10.4. The van der Waals surface area contributed by atoms with E-state index in [0.717, 1.165) is 22.5 Å². The summed E-state index contributed by atoms with van der Waals surface area (Å²) in [5.41, 5.74) is 2.71. The van der Waals surface area contributed by atoms with Crippen LogP contribution in [0.1, 0.15) is 40.3 Å². The molecule has 0 spiro atoms. The lowest BCUT2D eigenvalue weighted by atomic mass is 9.62. The van der Waals surface area contributed by atoms with Gasteiger partial charge in [0.15, 0.2) is 14.8 Å². The third kappa shape index (κ3) is 3.60. The Kier molecular flexibility index (Phi) is 5.38. The molecule has 0 saturated heterocycles. The number of nitrogens with zero attached hydrogens (tertiary/aromatic N) is 3. The third-order valence-electron chi connectivity index (χ3n) is 7.48. The van der Waals surface area contributed by atoms with Crippen LogP contribution in [0, 0.1) is 11.2 Å². The van der Waals surface area contributed by atoms with Crippen LogP contribution in [-0.4, -0.2) is 33.6 Å². The fourth-order valence-corrected chi connectivity index (χ4v) is 8.21. The van der Waals surface area contributed by atoms with Crippen LogP contribution in [-0.2, 0) is 23.3 Å². The first-order chi connectivity index (χ1) is 17.3. The molecular formula is C27H24FN3O3S2. The Morgan fingerprint density at radius 2 is 1.97 bits per heavy atom. The summed E-state index contributed by atoms with van der Waals surface area (Å²) in [6.07, 6.45) is 10.5. The predicted octanol–water partition coefficient (Wildman–Crippen LogP) is 5.25. The van der Waals surface area contributed by atoms with E-state index in [-0.39, 0.29) is 18.0 Å². The number of sulfone groups is 1. The van der Waals surface area contributed by atoms with Crippen molar-refractivity contribution in [1.29, 1.82) is 0 Å². The van der Waals surface area contributed by atoms with Crippen molar-refractivity contribution in [3.63, 3.8) is 0 Å². The summed E-state index contributed by atoms with van der Waals surface area (Å²) >= 11 is 1.29. The highest BCUT2D eigenvalue weighted by atomic mass is 32.2. The molecule has 1 saturated carbocycles. The molecule has 36 heavy (non-hydrogen) atoms. The van der Waals surface area contributed by atoms with Gasteiger partial charge in [-0.3, -0.25) is 4.79 Å². The van der Waals surface area contributed by atoms with E-state index in [0.29, 0.717) is 29.2 Å². The first kappa shape index (κ1) is 23.1. The largest absolute Gasteiger partial charge is 0.356 e. The number of thiazole rings is 1. The van der Waals surface area contributed by atoms with Crippen molar-refractivity contribution in [3.05, 3.63) is 94.2 Å². The van der Waals surface area contributed by atoms with Gasteiger partial charge in [0.25, 0.3) is 0 Å². The van der Waals surface area contributed by atoms with Crippen molar-refractivity contribution in [1.82, 2.24) is 14.1 Å². The second-order valence-corrected chi connectivity index (χ2v) is 12.7. The van der Waals surface area contributed by atoms with Crippen LogP contribution in [0.4, 0.5) is 4.39 Å². The highest BCUT2D eigenvalue weighted by Crippen LogP contribution is 2.52. The molecule has 3 heterocycles. The van der Waals surface area contributed by atoms with Crippen molar-refractivity contribution in [2.45, 2.75) is 35.8 Å². The molecule has 9 heteroatoms. The first-order valence-corrected chi connectivity index (χ1v) is 14.2. The van der Waals surface area contributed by atoms with Crippen LogP contribution in [0.15, 0.2) is 77.0 Å². The van der Waals surface area contributed by atoms with Gasteiger partial charge in [-0.15, -0.1) is 11.3 Å². The Morgan fingerprint density at radius 1 is 1.17 bits per heavy atom. The van der Waals surface area contributed by atoms with Crippen LogP contribution >= 0.6 is 11.3 Å². The highest BCUT2D eigenvalue weighted by Gasteiger charge is 2.52.